The maximum atomic E-state index is 5.40. The second kappa shape index (κ2) is 6.70. The molecule has 0 aliphatic carbocycles. The lowest BCUT2D eigenvalue weighted by Gasteiger charge is -2.26. The predicted molar refractivity (Wildman–Crippen MR) is 84.3 cm³/mol. The van der Waals surface area contributed by atoms with Gasteiger partial charge in [0.15, 0.2) is 0 Å². The van der Waals surface area contributed by atoms with Gasteiger partial charge >= 0.3 is 0 Å². The van der Waals surface area contributed by atoms with Crippen LogP contribution in [0.25, 0.3) is 0 Å². The Morgan fingerprint density at radius 1 is 1.30 bits per heavy atom. The molecule has 1 heterocycles. The van der Waals surface area contributed by atoms with E-state index in [2.05, 4.69) is 43.8 Å². The fraction of sp³-hybridized carbons (Fsp3) is 0.333. The number of hydrogen-bond acceptors (Lipinski definition) is 4. The smallest absolute Gasteiger partial charge is 0.133 e. The van der Waals surface area contributed by atoms with Gasteiger partial charge in [-0.1, -0.05) is 18.2 Å². The molecule has 0 spiro atoms. The molecule has 106 valence electrons. The van der Waals surface area contributed by atoms with Crippen LogP contribution in [-0.4, -0.2) is 30.2 Å². The summed E-state index contributed by atoms with van der Waals surface area (Å²) in [5, 5.41) is 0. The third-order valence-corrected chi connectivity index (χ3v) is 3.78. The molecule has 0 aliphatic heterocycles. The third-order valence-electron chi connectivity index (χ3n) is 3.35. The Hall–Kier alpha value is -1.62. The SMILES string of the molecule is COc1ccccc1CC(C)N(C)c1cc(Br)ncn1. The zero-order valence-electron chi connectivity index (χ0n) is 11.9. The average molecular weight is 336 g/mol. The molecule has 0 amide bonds. The minimum Gasteiger partial charge on any atom is -0.496 e. The van der Waals surface area contributed by atoms with Crippen molar-refractivity contribution in [3.63, 3.8) is 0 Å². The van der Waals surface area contributed by atoms with Gasteiger partial charge in [-0.15, -0.1) is 0 Å². The summed E-state index contributed by atoms with van der Waals surface area (Å²) in [4.78, 5) is 10.5. The van der Waals surface area contributed by atoms with Gasteiger partial charge in [0.25, 0.3) is 0 Å². The second-order valence-corrected chi connectivity index (χ2v) is 5.49. The van der Waals surface area contributed by atoms with E-state index in [0.717, 1.165) is 22.6 Å². The van der Waals surface area contributed by atoms with Crippen LogP contribution in [0.2, 0.25) is 0 Å². The van der Waals surface area contributed by atoms with E-state index in [1.807, 2.05) is 31.3 Å². The van der Waals surface area contributed by atoms with Crippen LogP contribution in [0.1, 0.15) is 12.5 Å². The Bertz CT molecular complexity index is 577. The number of halogens is 1. The number of anilines is 1. The van der Waals surface area contributed by atoms with Gasteiger partial charge in [0, 0.05) is 19.2 Å². The van der Waals surface area contributed by atoms with Gasteiger partial charge in [0.1, 0.15) is 22.5 Å². The van der Waals surface area contributed by atoms with E-state index >= 15 is 0 Å². The van der Waals surface area contributed by atoms with E-state index in [1.54, 1.807) is 13.4 Å². The van der Waals surface area contributed by atoms with Crippen LogP contribution in [-0.2, 0) is 6.42 Å². The highest BCUT2D eigenvalue weighted by atomic mass is 79.9. The van der Waals surface area contributed by atoms with E-state index in [0.29, 0.717) is 6.04 Å². The number of rotatable bonds is 5. The molecule has 1 unspecified atom stereocenters. The third kappa shape index (κ3) is 3.48. The number of hydrogen-bond donors (Lipinski definition) is 0. The first-order valence-electron chi connectivity index (χ1n) is 6.44. The first-order valence-corrected chi connectivity index (χ1v) is 7.23. The number of nitrogens with zero attached hydrogens (tertiary/aromatic N) is 3. The predicted octanol–water partition coefficient (Wildman–Crippen LogP) is 3.32. The first kappa shape index (κ1) is 14.8. The van der Waals surface area contributed by atoms with E-state index in [9.17, 15) is 0 Å². The van der Waals surface area contributed by atoms with Crippen molar-refractivity contribution in [2.75, 3.05) is 19.1 Å². The van der Waals surface area contributed by atoms with Crippen LogP contribution in [0.3, 0.4) is 0 Å². The fourth-order valence-electron chi connectivity index (χ4n) is 2.07. The minimum absolute atomic E-state index is 0.299. The van der Waals surface area contributed by atoms with Crippen LogP contribution in [0.5, 0.6) is 5.75 Å². The van der Waals surface area contributed by atoms with Crippen molar-refractivity contribution in [2.45, 2.75) is 19.4 Å². The van der Waals surface area contributed by atoms with Gasteiger partial charge < -0.3 is 9.64 Å². The summed E-state index contributed by atoms with van der Waals surface area (Å²) in [6.07, 6.45) is 2.45. The molecular weight excluding hydrogens is 318 g/mol. The molecule has 0 N–H and O–H groups in total. The Morgan fingerprint density at radius 2 is 2.05 bits per heavy atom. The van der Waals surface area contributed by atoms with Gasteiger partial charge in [-0.25, -0.2) is 9.97 Å². The van der Waals surface area contributed by atoms with Crippen LogP contribution in [0.4, 0.5) is 5.82 Å². The summed E-state index contributed by atoms with van der Waals surface area (Å²) < 4.78 is 6.19. The number of aromatic nitrogens is 2. The van der Waals surface area contributed by atoms with Crippen LogP contribution < -0.4 is 9.64 Å². The second-order valence-electron chi connectivity index (χ2n) is 4.67. The molecular formula is C15H18BrN3O. The maximum absolute atomic E-state index is 5.40. The Labute approximate surface area is 127 Å². The van der Waals surface area contributed by atoms with Crippen molar-refractivity contribution in [3.8, 4) is 5.75 Å². The van der Waals surface area contributed by atoms with E-state index in [4.69, 9.17) is 4.74 Å². The highest BCUT2D eigenvalue weighted by Crippen LogP contribution is 2.22. The van der Waals surface area contributed by atoms with E-state index < -0.39 is 0 Å². The number of benzene rings is 1. The Balaban J connectivity index is 2.13. The maximum Gasteiger partial charge on any atom is 0.133 e. The topological polar surface area (TPSA) is 38.2 Å². The molecule has 20 heavy (non-hydrogen) atoms. The average Bonchev–Trinajstić information content (AvgIpc) is 2.47. The number of methoxy groups -OCH3 is 1. The molecule has 0 saturated carbocycles. The van der Waals surface area contributed by atoms with Gasteiger partial charge in [0.2, 0.25) is 0 Å². The highest BCUT2D eigenvalue weighted by molar-refractivity contribution is 9.10. The lowest BCUT2D eigenvalue weighted by Crippen LogP contribution is -2.31. The number of ether oxygens (including phenoxy) is 1. The summed E-state index contributed by atoms with van der Waals surface area (Å²) in [6, 6.07) is 10.3. The molecule has 0 aliphatic rings. The summed E-state index contributed by atoms with van der Waals surface area (Å²) >= 11 is 3.37. The van der Waals surface area contributed by atoms with Crippen molar-refractivity contribution in [2.24, 2.45) is 0 Å². The monoisotopic (exact) mass is 335 g/mol. The van der Waals surface area contributed by atoms with E-state index in [1.165, 1.54) is 5.56 Å². The van der Waals surface area contributed by atoms with Gasteiger partial charge in [0.05, 0.1) is 7.11 Å². The van der Waals surface area contributed by atoms with Crippen molar-refractivity contribution < 1.29 is 4.74 Å². The summed E-state index contributed by atoms with van der Waals surface area (Å²) in [5.41, 5.74) is 1.20. The zero-order valence-corrected chi connectivity index (χ0v) is 13.5. The van der Waals surface area contributed by atoms with Crippen molar-refractivity contribution in [1.29, 1.82) is 0 Å². The molecule has 2 rings (SSSR count). The molecule has 0 fully saturated rings. The number of para-hydroxylation sites is 1. The van der Waals surface area contributed by atoms with Crippen molar-refractivity contribution in [3.05, 3.63) is 46.8 Å². The lowest BCUT2D eigenvalue weighted by molar-refractivity contribution is 0.408. The highest BCUT2D eigenvalue weighted by Gasteiger charge is 2.14. The number of likely N-dealkylation sites (N-methyl/N-ethyl adjacent to an activating group) is 1. The molecule has 0 saturated heterocycles. The normalized spacial score (nSPS) is 12.0. The molecule has 4 nitrogen and oxygen atoms in total. The van der Waals surface area contributed by atoms with Crippen LogP contribution in [0, 0.1) is 0 Å². The molecule has 0 radical (unpaired) electrons. The van der Waals surface area contributed by atoms with Gasteiger partial charge in [-0.3, -0.25) is 0 Å². The Morgan fingerprint density at radius 3 is 2.75 bits per heavy atom. The standard InChI is InChI=1S/C15H18BrN3O/c1-11(8-12-6-4-5-7-13(12)20-3)19(2)15-9-14(16)17-10-18-15/h4-7,9-11H,8H2,1-3H3. The fourth-order valence-corrected chi connectivity index (χ4v) is 2.37. The van der Waals surface area contributed by atoms with Gasteiger partial charge in [-0.2, -0.15) is 0 Å². The van der Waals surface area contributed by atoms with Crippen molar-refractivity contribution in [1.82, 2.24) is 9.97 Å². The van der Waals surface area contributed by atoms with Gasteiger partial charge in [-0.05, 0) is 40.9 Å². The van der Waals surface area contributed by atoms with E-state index in [-0.39, 0.29) is 0 Å². The quantitative estimate of drug-likeness (QED) is 0.785. The van der Waals surface area contributed by atoms with Crippen LogP contribution >= 0.6 is 15.9 Å². The summed E-state index contributed by atoms with van der Waals surface area (Å²) in [7, 11) is 3.74. The molecule has 1 aromatic heterocycles. The lowest BCUT2D eigenvalue weighted by atomic mass is 10.1. The first-order chi connectivity index (χ1) is 9.61. The molecule has 1 atom stereocenters. The molecule has 5 heteroatoms. The molecule has 1 aromatic carbocycles. The largest absolute Gasteiger partial charge is 0.496 e. The molecule has 2 aromatic rings. The van der Waals surface area contributed by atoms with Crippen LogP contribution in [0.15, 0.2) is 41.3 Å². The summed E-state index contributed by atoms with van der Waals surface area (Å²) in [5.74, 6) is 1.82. The Kier molecular flexibility index (Phi) is 4.95. The zero-order chi connectivity index (χ0) is 14.5. The minimum atomic E-state index is 0.299. The van der Waals surface area contributed by atoms with Crippen molar-refractivity contribution >= 4 is 21.7 Å². The molecule has 0 bridgehead atoms. The summed E-state index contributed by atoms with van der Waals surface area (Å²) in [6.45, 7) is 2.17.